The van der Waals surface area contributed by atoms with Crippen LogP contribution in [-0.2, 0) is 6.42 Å². The van der Waals surface area contributed by atoms with E-state index in [0.29, 0.717) is 0 Å². The van der Waals surface area contributed by atoms with Crippen molar-refractivity contribution in [3.8, 4) is 0 Å². The smallest absolute Gasteiger partial charge is 0.0943 e. The summed E-state index contributed by atoms with van der Waals surface area (Å²) in [5.74, 6) is 0. The predicted molar refractivity (Wildman–Crippen MR) is 88.7 cm³/mol. The standard InChI is InChI=1S/C17H19N3S/c1-3-18-16(11-17-19-8-9-21-17)14-10-12(2)20-15-7-5-4-6-13(14)15/h4-10,16,18H,3,11H2,1-2H3. The van der Waals surface area contributed by atoms with Crippen molar-refractivity contribution in [3.63, 3.8) is 0 Å². The molecule has 1 aromatic carbocycles. The first kappa shape index (κ1) is 14.2. The van der Waals surface area contributed by atoms with Crippen LogP contribution in [0.2, 0.25) is 0 Å². The topological polar surface area (TPSA) is 37.8 Å². The summed E-state index contributed by atoms with van der Waals surface area (Å²) >= 11 is 1.71. The van der Waals surface area contributed by atoms with Crippen LogP contribution in [0.5, 0.6) is 0 Å². The first-order valence-electron chi connectivity index (χ1n) is 7.26. The maximum atomic E-state index is 4.64. The van der Waals surface area contributed by atoms with Crippen LogP contribution in [0.25, 0.3) is 10.9 Å². The maximum Gasteiger partial charge on any atom is 0.0943 e. The maximum absolute atomic E-state index is 4.64. The lowest BCUT2D eigenvalue weighted by Crippen LogP contribution is -2.23. The molecule has 0 amide bonds. The van der Waals surface area contributed by atoms with E-state index in [1.807, 2.05) is 17.6 Å². The van der Waals surface area contributed by atoms with E-state index in [-0.39, 0.29) is 6.04 Å². The molecule has 2 aromatic heterocycles. The number of para-hydroxylation sites is 1. The Hall–Kier alpha value is -1.78. The number of fused-ring (bicyclic) bond motifs is 1. The van der Waals surface area contributed by atoms with Crippen molar-refractivity contribution in [2.75, 3.05) is 6.54 Å². The first-order valence-corrected chi connectivity index (χ1v) is 8.14. The van der Waals surface area contributed by atoms with Gasteiger partial charge in [0.1, 0.15) is 0 Å². The van der Waals surface area contributed by atoms with Gasteiger partial charge in [0, 0.05) is 35.1 Å². The minimum atomic E-state index is 0.271. The quantitative estimate of drug-likeness (QED) is 0.776. The zero-order valence-corrected chi connectivity index (χ0v) is 13.2. The Bertz CT molecular complexity index is 722. The molecule has 21 heavy (non-hydrogen) atoms. The fraction of sp³-hybridized carbons (Fsp3) is 0.294. The molecule has 0 fully saturated rings. The molecule has 1 N–H and O–H groups in total. The van der Waals surface area contributed by atoms with Gasteiger partial charge < -0.3 is 5.32 Å². The van der Waals surface area contributed by atoms with E-state index in [4.69, 9.17) is 0 Å². The van der Waals surface area contributed by atoms with E-state index in [2.05, 4.69) is 53.4 Å². The van der Waals surface area contributed by atoms with Crippen LogP contribution in [0.15, 0.2) is 41.9 Å². The number of benzene rings is 1. The minimum absolute atomic E-state index is 0.271. The monoisotopic (exact) mass is 297 g/mol. The number of pyridine rings is 1. The van der Waals surface area contributed by atoms with Gasteiger partial charge in [0.2, 0.25) is 0 Å². The second-order valence-electron chi connectivity index (χ2n) is 5.11. The molecule has 3 nitrogen and oxygen atoms in total. The summed E-state index contributed by atoms with van der Waals surface area (Å²) in [5, 5.41) is 8.03. The second kappa shape index (κ2) is 6.33. The van der Waals surface area contributed by atoms with Crippen molar-refractivity contribution in [2.45, 2.75) is 26.3 Å². The number of hydrogen-bond donors (Lipinski definition) is 1. The fourth-order valence-electron chi connectivity index (χ4n) is 2.70. The van der Waals surface area contributed by atoms with E-state index in [1.165, 1.54) is 16.0 Å². The van der Waals surface area contributed by atoms with Gasteiger partial charge in [0.25, 0.3) is 0 Å². The number of aromatic nitrogens is 2. The molecule has 4 heteroatoms. The number of hydrogen-bond acceptors (Lipinski definition) is 4. The summed E-state index contributed by atoms with van der Waals surface area (Å²) in [6.45, 7) is 5.14. The largest absolute Gasteiger partial charge is 0.310 e. The molecule has 1 atom stereocenters. The van der Waals surface area contributed by atoms with E-state index >= 15 is 0 Å². The number of aryl methyl sites for hydroxylation is 1. The Morgan fingerprint density at radius 3 is 2.90 bits per heavy atom. The van der Waals surface area contributed by atoms with Crippen molar-refractivity contribution < 1.29 is 0 Å². The van der Waals surface area contributed by atoms with Gasteiger partial charge in [-0.3, -0.25) is 4.98 Å². The van der Waals surface area contributed by atoms with Gasteiger partial charge >= 0.3 is 0 Å². The Kier molecular flexibility index (Phi) is 4.27. The predicted octanol–water partition coefficient (Wildman–Crippen LogP) is 3.89. The number of thiazole rings is 1. The number of nitrogens with one attached hydrogen (secondary N) is 1. The average Bonchev–Trinajstić information content (AvgIpc) is 2.99. The van der Waals surface area contributed by atoms with Gasteiger partial charge in [-0.15, -0.1) is 11.3 Å². The van der Waals surface area contributed by atoms with Gasteiger partial charge in [0.15, 0.2) is 0 Å². The van der Waals surface area contributed by atoms with Gasteiger partial charge in [-0.05, 0) is 31.2 Å². The lowest BCUT2D eigenvalue weighted by atomic mass is 9.98. The second-order valence-corrected chi connectivity index (χ2v) is 6.09. The summed E-state index contributed by atoms with van der Waals surface area (Å²) in [6, 6.07) is 10.8. The van der Waals surface area contributed by atoms with Crippen LogP contribution in [0.4, 0.5) is 0 Å². The van der Waals surface area contributed by atoms with Crippen molar-refractivity contribution >= 4 is 22.2 Å². The van der Waals surface area contributed by atoms with E-state index in [1.54, 1.807) is 11.3 Å². The van der Waals surface area contributed by atoms with Crippen molar-refractivity contribution in [1.82, 2.24) is 15.3 Å². The van der Waals surface area contributed by atoms with E-state index < -0.39 is 0 Å². The third-order valence-electron chi connectivity index (χ3n) is 3.56. The Morgan fingerprint density at radius 2 is 2.14 bits per heavy atom. The summed E-state index contributed by atoms with van der Waals surface area (Å²) < 4.78 is 0. The molecule has 0 radical (unpaired) electrons. The minimum Gasteiger partial charge on any atom is -0.310 e. The molecule has 2 heterocycles. The SMILES string of the molecule is CCNC(Cc1nccs1)c1cc(C)nc2ccccc12. The van der Waals surface area contributed by atoms with Gasteiger partial charge in [-0.25, -0.2) is 4.98 Å². The molecule has 3 rings (SSSR count). The van der Waals surface area contributed by atoms with E-state index in [9.17, 15) is 0 Å². The number of likely N-dealkylation sites (N-methyl/N-ethyl adjacent to an activating group) is 1. The molecule has 0 aliphatic heterocycles. The molecule has 0 spiro atoms. The third-order valence-corrected chi connectivity index (χ3v) is 4.37. The van der Waals surface area contributed by atoms with Crippen LogP contribution >= 0.6 is 11.3 Å². The molecular weight excluding hydrogens is 278 g/mol. The van der Waals surface area contributed by atoms with E-state index in [0.717, 1.165) is 24.2 Å². The summed E-state index contributed by atoms with van der Waals surface area (Å²) in [7, 11) is 0. The van der Waals surface area contributed by atoms with Gasteiger partial charge in [-0.2, -0.15) is 0 Å². The molecule has 0 aliphatic carbocycles. The average molecular weight is 297 g/mol. The Morgan fingerprint density at radius 1 is 1.29 bits per heavy atom. The highest BCUT2D eigenvalue weighted by Crippen LogP contribution is 2.27. The molecule has 0 saturated heterocycles. The van der Waals surface area contributed by atoms with Crippen LogP contribution in [0.1, 0.15) is 29.2 Å². The van der Waals surface area contributed by atoms with Gasteiger partial charge in [0.05, 0.1) is 10.5 Å². The first-order chi connectivity index (χ1) is 10.3. The van der Waals surface area contributed by atoms with Crippen LogP contribution in [-0.4, -0.2) is 16.5 Å². The van der Waals surface area contributed by atoms with Crippen LogP contribution in [0.3, 0.4) is 0 Å². The summed E-state index contributed by atoms with van der Waals surface area (Å²) in [4.78, 5) is 9.06. The zero-order valence-electron chi connectivity index (χ0n) is 12.3. The van der Waals surface area contributed by atoms with Crippen LogP contribution in [0, 0.1) is 6.92 Å². The van der Waals surface area contributed by atoms with Crippen LogP contribution < -0.4 is 5.32 Å². The molecule has 0 saturated carbocycles. The normalized spacial score (nSPS) is 12.7. The zero-order chi connectivity index (χ0) is 14.7. The molecule has 0 bridgehead atoms. The Labute approximate surface area is 129 Å². The molecule has 108 valence electrons. The lowest BCUT2D eigenvalue weighted by Gasteiger charge is -2.19. The number of rotatable bonds is 5. The number of nitrogens with zero attached hydrogens (tertiary/aromatic N) is 2. The summed E-state index contributed by atoms with van der Waals surface area (Å²) in [5.41, 5.74) is 3.44. The molecule has 1 unspecified atom stereocenters. The van der Waals surface area contributed by atoms with Gasteiger partial charge in [-0.1, -0.05) is 25.1 Å². The highest BCUT2D eigenvalue weighted by atomic mass is 32.1. The highest BCUT2D eigenvalue weighted by molar-refractivity contribution is 7.09. The third kappa shape index (κ3) is 3.12. The van der Waals surface area contributed by atoms with Crippen molar-refractivity contribution in [3.05, 3.63) is 58.2 Å². The molecular formula is C17H19N3S. The van der Waals surface area contributed by atoms with Crippen molar-refractivity contribution in [2.24, 2.45) is 0 Å². The summed E-state index contributed by atoms with van der Waals surface area (Å²) in [6.07, 6.45) is 2.79. The Balaban J connectivity index is 2.05. The molecule has 3 aromatic rings. The van der Waals surface area contributed by atoms with Crippen molar-refractivity contribution in [1.29, 1.82) is 0 Å². The fourth-order valence-corrected chi connectivity index (χ4v) is 3.36. The highest BCUT2D eigenvalue weighted by Gasteiger charge is 2.16. The molecule has 0 aliphatic rings. The lowest BCUT2D eigenvalue weighted by molar-refractivity contribution is 0.551.